The Morgan fingerprint density at radius 2 is 2.00 bits per heavy atom. The summed E-state index contributed by atoms with van der Waals surface area (Å²) >= 11 is 0. The van der Waals surface area contributed by atoms with Crippen molar-refractivity contribution in [2.45, 2.75) is 25.9 Å². The van der Waals surface area contributed by atoms with E-state index in [9.17, 15) is 18.0 Å². The van der Waals surface area contributed by atoms with Gasteiger partial charge in [-0.1, -0.05) is 6.92 Å². The van der Waals surface area contributed by atoms with Crippen LogP contribution in [0.2, 0.25) is 0 Å². The van der Waals surface area contributed by atoms with Crippen LogP contribution in [0.1, 0.15) is 25.3 Å². The van der Waals surface area contributed by atoms with Gasteiger partial charge in [-0.25, -0.2) is 4.98 Å². The maximum atomic E-state index is 13.3. The molecule has 0 spiro atoms. The highest BCUT2D eigenvalue weighted by Gasteiger charge is 2.35. The van der Waals surface area contributed by atoms with Gasteiger partial charge in [0.2, 0.25) is 11.9 Å². The lowest BCUT2D eigenvalue weighted by Gasteiger charge is -2.15. The molecule has 3 rings (SSSR count). The number of anilines is 3. The fourth-order valence-corrected chi connectivity index (χ4v) is 2.78. The molecule has 8 nitrogen and oxygen atoms in total. The first kappa shape index (κ1) is 21.3. The van der Waals surface area contributed by atoms with Crippen molar-refractivity contribution in [2.75, 3.05) is 23.7 Å². The second-order valence-electron chi connectivity index (χ2n) is 6.60. The van der Waals surface area contributed by atoms with Crippen LogP contribution in [0.25, 0.3) is 10.9 Å². The van der Waals surface area contributed by atoms with Crippen LogP contribution >= 0.6 is 0 Å². The Bertz CT molecular complexity index is 1030. The van der Waals surface area contributed by atoms with Gasteiger partial charge in [-0.2, -0.15) is 23.3 Å². The number of aryl methyl sites for hydroxylation is 1. The molecule has 0 unspecified atom stereocenters. The van der Waals surface area contributed by atoms with Crippen molar-refractivity contribution >= 4 is 34.3 Å². The number of nitrogens with one attached hydrogen (secondary N) is 3. The summed E-state index contributed by atoms with van der Waals surface area (Å²) in [4.78, 5) is 19.0. The predicted octanol–water partition coefficient (Wildman–Crippen LogP) is 3.45. The Labute approximate surface area is 170 Å². The van der Waals surface area contributed by atoms with Gasteiger partial charge in [0.15, 0.2) is 0 Å². The van der Waals surface area contributed by atoms with Crippen LogP contribution in [0.3, 0.4) is 0 Å². The smallest absolute Gasteiger partial charge is 0.369 e. The number of hydrogen-bond acceptors (Lipinski definition) is 6. The van der Waals surface area contributed by atoms with Crippen molar-refractivity contribution in [3.05, 3.63) is 36.2 Å². The Kier molecular flexibility index (Phi) is 6.38. The van der Waals surface area contributed by atoms with Crippen LogP contribution in [-0.4, -0.2) is 38.7 Å². The second-order valence-corrected chi connectivity index (χ2v) is 6.60. The summed E-state index contributed by atoms with van der Waals surface area (Å²) in [5.41, 5.74) is 0.534. The Balaban J connectivity index is 1.74. The summed E-state index contributed by atoms with van der Waals surface area (Å²) in [6, 6.07) is 5.43. The summed E-state index contributed by atoms with van der Waals surface area (Å²) in [6.45, 7) is 2.30. The molecular weight excluding hydrogens is 399 g/mol. The lowest BCUT2D eigenvalue weighted by Crippen LogP contribution is -2.25. The number of halogens is 3. The van der Waals surface area contributed by atoms with Gasteiger partial charge in [0.05, 0.1) is 11.7 Å². The van der Waals surface area contributed by atoms with Gasteiger partial charge in [0.25, 0.3) is 0 Å². The average Bonchev–Trinajstić information content (AvgIpc) is 3.07. The molecule has 0 saturated carbocycles. The number of carbonyl (C=O) groups is 1. The van der Waals surface area contributed by atoms with Gasteiger partial charge in [0.1, 0.15) is 11.4 Å². The van der Waals surface area contributed by atoms with Crippen LogP contribution < -0.4 is 16.0 Å². The highest BCUT2D eigenvalue weighted by atomic mass is 19.4. The van der Waals surface area contributed by atoms with Crippen LogP contribution in [0.4, 0.5) is 30.6 Å². The highest BCUT2D eigenvalue weighted by molar-refractivity contribution is 5.83. The summed E-state index contributed by atoms with van der Waals surface area (Å²) in [5.74, 6) is -0.389. The molecule has 1 aromatic carbocycles. The largest absolute Gasteiger partial charge is 0.421 e. The number of alkyl halides is 3. The van der Waals surface area contributed by atoms with Crippen molar-refractivity contribution in [3.8, 4) is 0 Å². The zero-order valence-corrected chi connectivity index (χ0v) is 16.5. The van der Waals surface area contributed by atoms with E-state index in [1.807, 2.05) is 12.1 Å². The molecule has 2 heterocycles. The van der Waals surface area contributed by atoms with Gasteiger partial charge >= 0.3 is 6.18 Å². The van der Waals surface area contributed by atoms with E-state index in [2.05, 4.69) is 31.0 Å². The normalized spacial score (nSPS) is 11.5. The number of rotatable bonds is 8. The molecular formula is C19H22F3N7O. The number of benzene rings is 1. The van der Waals surface area contributed by atoms with E-state index >= 15 is 0 Å². The molecule has 0 atom stereocenters. The molecule has 2 aromatic heterocycles. The maximum absolute atomic E-state index is 13.3. The van der Waals surface area contributed by atoms with Crippen LogP contribution in [-0.2, 0) is 18.0 Å². The van der Waals surface area contributed by atoms with Crippen LogP contribution in [0.15, 0.2) is 30.6 Å². The van der Waals surface area contributed by atoms with E-state index in [0.717, 1.165) is 17.1 Å². The summed E-state index contributed by atoms with van der Waals surface area (Å²) in [5, 5.41) is 13.4. The summed E-state index contributed by atoms with van der Waals surface area (Å²) < 4.78 is 41.6. The molecule has 160 valence electrons. The Hall–Kier alpha value is -3.37. The summed E-state index contributed by atoms with van der Waals surface area (Å²) in [6.07, 6.45) is -1.31. The molecule has 0 aliphatic heterocycles. The standard InChI is InChI=1S/C19H22F3N7O/c1-3-16(30)23-7-4-8-24-17-14(19(20,21)22)11-25-18(28-17)27-13-6-5-12-10-26-29(2)15(12)9-13/h5-6,9-11H,3-4,7-8H2,1-2H3,(H,23,30)(H2,24,25,27,28). The van der Waals surface area contributed by atoms with Crippen LogP contribution in [0, 0.1) is 0 Å². The maximum Gasteiger partial charge on any atom is 0.421 e. The molecule has 0 fully saturated rings. The van der Waals surface area contributed by atoms with Crippen LogP contribution in [0.5, 0.6) is 0 Å². The monoisotopic (exact) mass is 421 g/mol. The topological polar surface area (TPSA) is 96.8 Å². The first-order valence-electron chi connectivity index (χ1n) is 9.41. The molecule has 0 aliphatic rings. The minimum atomic E-state index is -4.59. The minimum Gasteiger partial charge on any atom is -0.369 e. The number of amides is 1. The quantitative estimate of drug-likeness (QED) is 0.482. The minimum absolute atomic E-state index is 0.0336. The molecule has 11 heteroatoms. The van der Waals surface area contributed by atoms with E-state index in [0.29, 0.717) is 25.1 Å². The first-order chi connectivity index (χ1) is 14.3. The lowest BCUT2D eigenvalue weighted by molar-refractivity contribution is -0.137. The Morgan fingerprint density at radius 1 is 1.20 bits per heavy atom. The van der Waals surface area contributed by atoms with Crippen molar-refractivity contribution < 1.29 is 18.0 Å². The number of nitrogens with zero attached hydrogens (tertiary/aromatic N) is 4. The fraction of sp³-hybridized carbons (Fsp3) is 0.368. The van der Waals surface area contributed by atoms with E-state index in [1.165, 1.54) is 0 Å². The third-order valence-electron chi connectivity index (χ3n) is 4.39. The van der Waals surface area contributed by atoms with E-state index in [4.69, 9.17) is 0 Å². The van der Waals surface area contributed by atoms with Crippen molar-refractivity contribution in [3.63, 3.8) is 0 Å². The van der Waals surface area contributed by atoms with Gasteiger partial charge in [-0.15, -0.1) is 0 Å². The fourth-order valence-electron chi connectivity index (χ4n) is 2.78. The first-order valence-corrected chi connectivity index (χ1v) is 9.41. The van der Waals surface area contributed by atoms with Crippen molar-refractivity contribution in [2.24, 2.45) is 7.05 Å². The van der Waals surface area contributed by atoms with E-state index < -0.39 is 11.7 Å². The van der Waals surface area contributed by atoms with Gasteiger partial charge in [-0.05, 0) is 24.6 Å². The molecule has 3 aromatic rings. The number of aromatic nitrogens is 4. The van der Waals surface area contributed by atoms with Gasteiger partial charge in [0, 0.05) is 43.8 Å². The van der Waals surface area contributed by atoms with Gasteiger partial charge < -0.3 is 16.0 Å². The zero-order valence-electron chi connectivity index (χ0n) is 16.5. The van der Waals surface area contributed by atoms with Crippen molar-refractivity contribution in [1.82, 2.24) is 25.1 Å². The third-order valence-corrected chi connectivity index (χ3v) is 4.39. The summed E-state index contributed by atoms with van der Waals surface area (Å²) in [7, 11) is 1.80. The molecule has 0 aliphatic carbocycles. The zero-order chi connectivity index (χ0) is 21.7. The van der Waals surface area contributed by atoms with E-state index in [-0.39, 0.29) is 24.2 Å². The predicted molar refractivity (Wildman–Crippen MR) is 107 cm³/mol. The molecule has 0 saturated heterocycles. The molecule has 1 amide bonds. The number of hydrogen-bond donors (Lipinski definition) is 3. The number of fused-ring (bicyclic) bond motifs is 1. The van der Waals surface area contributed by atoms with Crippen molar-refractivity contribution in [1.29, 1.82) is 0 Å². The Morgan fingerprint density at radius 3 is 2.73 bits per heavy atom. The lowest BCUT2D eigenvalue weighted by atomic mass is 10.2. The second kappa shape index (κ2) is 8.97. The third kappa shape index (κ3) is 5.16. The highest BCUT2D eigenvalue weighted by Crippen LogP contribution is 2.34. The molecule has 30 heavy (non-hydrogen) atoms. The average molecular weight is 421 g/mol. The van der Waals surface area contributed by atoms with Gasteiger partial charge in [-0.3, -0.25) is 9.48 Å². The SMILES string of the molecule is CCC(=O)NCCCNc1nc(Nc2ccc3cnn(C)c3c2)ncc1C(F)(F)F. The molecule has 0 radical (unpaired) electrons. The van der Waals surface area contributed by atoms with E-state index in [1.54, 1.807) is 30.9 Å². The molecule has 3 N–H and O–H groups in total. The number of carbonyl (C=O) groups excluding carboxylic acids is 1. The molecule has 0 bridgehead atoms.